The first-order valence-corrected chi connectivity index (χ1v) is 7.75. The number of hydrogen-bond acceptors (Lipinski definition) is 1. The molecule has 0 fully saturated rings. The van der Waals surface area contributed by atoms with E-state index in [2.05, 4.69) is 34.7 Å². The molecule has 0 amide bonds. The van der Waals surface area contributed by atoms with Crippen LogP contribution in [0, 0.1) is 0 Å². The minimum atomic E-state index is 0.224. The first kappa shape index (κ1) is 15.0. The summed E-state index contributed by atoms with van der Waals surface area (Å²) >= 11 is 2.26. The zero-order valence-electron chi connectivity index (χ0n) is 11.5. The molecule has 2 heteroatoms. The van der Waals surface area contributed by atoms with Crippen molar-refractivity contribution in [3.8, 4) is 0 Å². The topological polar surface area (TPSA) is 17.1 Å². The third kappa shape index (κ3) is 4.04. The smallest absolute Gasteiger partial charge is 0.159 e. The van der Waals surface area contributed by atoms with Crippen LogP contribution in [0.2, 0.25) is 0 Å². The fraction of sp³-hybridized carbons (Fsp3) is 0.167. The summed E-state index contributed by atoms with van der Waals surface area (Å²) in [6.45, 7) is 1.92. The number of benzene rings is 2. The Kier molecular flexibility index (Phi) is 5.53. The average Bonchev–Trinajstić information content (AvgIpc) is 2.53. The van der Waals surface area contributed by atoms with Crippen LogP contribution in [0.25, 0.3) is 3.58 Å². The summed E-state index contributed by atoms with van der Waals surface area (Å²) in [5, 5.41) is 0. The van der Waals surface area contributed by atoms with Crippen molar-refractivity contribution in [1.29, 1.82) is 0 Å². The van der Waals surface area contributed by atoms with E-state index >= 15 is 0 Å². The van der Waals surface area contributed by atoms with Gasteiger partial charge in [-0.3, -0.25) is 4.79 Å². The molecule has 102 valence electrons. The van der Waals surface area contributed by atoms with Gasteiger partial charge >= 0.3 is 0 Å². The maximum Gasteiger partial charge on any atom is 0.159 e. The van der Waals surface area contributed by atoms with Crippen molar-refractivity contribution in [3.05, 3.63) is 77.4 Å². The molecule has 0 aliphatic rings. The van der Waals surface area contributed by atoms with Crippen molar-refractivity contribution in [3.63, 3.8) is 0 Å². The molecule has 0 atom stereocenters. The summed E-state index contributed by atoms with van der Waals surface area (Å²) in [7, 11) is 0. The van der Waals surface area contributed by atoms with Gasteiger partial charge in [0.25, 0.3) is 0 Å². The Morgan fingerprint density at radius 1 is 0.950 bits per heavy atom. The van der Waals surface area contributed by atoms with Crippen LogP contribution in [-0.4, -0.2) is 5.78 Å². The van der Waals surface area contributed by atoms with Crippen molar-refractivity contribution >= 4 is 32.0 Å². The van der Waals surface area contributed by atoms with Gasteiger partial charge in [0, 0.05) is 15.6 Å². The predicted octanol–water partition coefficient (Wildman–Crippen LogP) is 5.05. The Hall–Kier alpha value is -1.42. The number of rotatable bonds is 5. The van der Waals surface area contributed by atoms with Gasteiger partial charge in [-0.1, -0.05) is 60.7 Å². The first-order chi connectivity index (χ1) is 9.68. The van der Waals surface area contributed by atoms with E-state index in [9.17, 15) is 4.79 Å². The van der Waals surface area contributed by atoms with Gasteiger partial charge in [-0.05, 0) is 47.1 Å². The number of hydrogen-bond donors (Lipinski definition) is 0. The molecule has 0 aliphatic carbocycles. The number of halogens is 1. The second kappa shape index (κ2) is 7.39. The lowest BCUT2D eigenvalue weighted by Gasteiger charge is -2.06. The third-order valence-electron chi connectivity index (χ3n) is 3.26. The van der Waals surface area contributed by atoms with E-state index in [0.29, 0.717) is 6.42 Å². The van der Waals surface area contributed by atoms with Gasteiger partial charge in [0.15, 0.2) is 5.78 Å². The van der Waals surface area contributed by atoms with Crippen LogP contribution in [0.4, 0.5) is 0 Å². The normalized spacial score (nSPS) is 11.9. The molecule has 2 aromatic carbocycles. The molecule has 0 saturated heterocycles. The fourth-order valence-corrected chi connectivity index (χ4v) is 2.67. The highest BCUT2D eigenvalue weighted by molar-refractivity contribution is 14.1. The number of aryl methyl sites for hydroxylation is 1. The van der Waals surface area contributed by atoms with Crippen molar-refractivity contribution in [2.24, 2.45) is 0 Å². The SMILES string of the molecule is C/C(C(=O)CCc1ccccc1)=C(/I)c1ccccc1. The number of Topliss-reactive ketones (excluding diaryl/α,β-unsaturated/α-hetero) is 1. The van der Waals surface area contributed by atoms with Crippen LogP contribution in [0.5, 0.6) is 0 Å². The summed E-state index contributed by atoms with van der Waals surface area (Å²) in [4.78, 5) is 12.3. The lowest BCUT2D eigenvalue weighted by atomic mass is 10.0. The number of ketones is 1. The van der Waals surface area contributed by atoms with Gasteiger partial charge in [0.1, 0.15) is 0 Å². The summed E-state index contributed by atoms with van der Waals surface area (Å²) in [5.74, 6) is 0.224. The van der Waals surface area contributed by atoms with Crippen LogP contribution in [0.15, 0.2) is 66.2 Å². The van der Waals surface area contributed by atoms with Gasteiger partial charge in [0.2, 0.25) is 0 Å². The van der Waals surface area contributed by atoms with Crippen molar-refractivity contribution < 1.29 is 4.79 Å². The van der Waals surface area contributed by atoms with Gasteiger partial charge in [-0.25, -0.2) is 0 Å². The molecule has 2 rings (SSSR count). The Morgan fingerprint density at radius 3 is 2.10 bits per heavy atom. The summed E-state index contributed by atoms with van der Waals surface area (Å²) in [6, 6.07) is 20.2. The predicted molar refractivity (Wildman–Crippen MR) is 92.8 cm³/mol. The highest BCUT2D eigenvalue weighted by Gasteiger charge is 2.10. The van der Waals surface area contributed by atoms with Gasteiger partial charge in [-0.15, -0.1) is 0 Å². The molecule has 0 radical (unpaired) electrons. The molecule has 20 heavy (non-hydrogen) atoms. The van der Waals surface area contributed by atoms with E-state index in [1.54, 1.807) is 0 Å². The summed E-state index contributed by atoms with van der Waals surface area (Å²) in [6.07, 6.45) is 1.37. The Bertz CT molecular complexity index is 600. The van der Waals surface area contributed by atoms with Crippen LogP contribution in [-0.2, 0) is 11.2 Å². The molecular weight excluding hydrogens is 359 g/mol. The largest absolute Gasteiger partial charge is 0.295 e. The minimum absolute atomic E-state index is 0.224. The molecule has 0 N–H and O–H groups in total. The van der Waals surface area contributed by atoms with Crippen LogP contribution >= 0.6 is 22.6 Å². The minimum Gasteiger partial charge on any atom is -0.295 e. The van der Waals surface area contributed by atoms with Gasteiger partial charge in [-0.2, -0.15) is 0 Å². The number of carbonyl (C=O) groups excluding carboxylic acids is 1. The van der Waals surface area contributed by atoms with Crippen LogP contribution in [0.3, 0.4) is 0 Å². The Balaban J connectivity index is 2.05. The maximum atomic E-state index is 12.3. The van der Waals surface area contributed by atoms with Crippen molar-refractivity contribution in [1.82, 2.24) is 0 Å². The first-order valence-electron chi connectivity index (χ1n) is 6.67. The molecule has 0 saturated carbocycles. The average molecular weight is 376 g/mol. The summed E-state index contributed by atoms with van der Waals surface area (Å²) < 4.78 is 1.04. The lowest BCUT2D eigenvalue weighted by molar-refractivity contribution is -0.115. The van der Waals surface area contributed by atoms with E-state index in [1.807, 2.05) is 55.5 Å². The number of allylic oxidation sites excluding steroid dienone is 1. The van der Waals surface area contributed by atoms with E-state index in [1.165, 1.54) is 5.56 Å². The van der Waals surface area contributed by atoms with Crippen molar-refractivity contribution in [2.45, 2.75) is 19.8 Å². The van der Waals surface area contributed by atoms with Crippen LogP contribution in [0.1, 0.15) is 24.5 Å². The quantitative estimate of drug-likeness (QED) is 0.527. The third-order valence-corrected chi connectivity index (χ3v) is 4.69. The van der Waals surface area contributed by atoms with Crippen molar-refractivity contribution in [2.75, 3.05) is 0 Å². The molecule has 0 heterocycles. The fourth-order valence-electron chi connectivity index (χ4n) is 2.01. The van der Waals surface area contributed by atoms with Gasteiger partial charge < -0.3 is 0 Å². The molecule has 0 bridgehead atoms. The highest BCUT2D eigenvalue weighted by atomic mass is 127. The standard InChI is InChI=1S/C18H17IO/c1-14(18(19)16-10-6-3-7-11-16)17(20)13-12-15-8-4-2-5-9-15/h2-11H,12-13H2,1H3/b18-14-. The second-order valence-corrected chi connectivity index (χ2v) is 5.79. The zero-order valence-corrected chi connectivity index (χ0v) is 13.6. The molecule has 0 aliphatic heterocycles. The molecular formula is C18H17IO. The Morgan fingerprint density at radius 2 is 1.50 bits per heavy atom. The van der Waals surface area contributed by atoms with Gasteiger partial charge in [0.05, 0.1) is 0 Å². The van der Waals surface area contributed by atoms with E-state index < -0.39 is 0 Å². The molecule has 0 spiro atoms. The number of carbonyl (C=O) groups is 1. The zero-order chi connectivity index (χ0) is 14.4. The molecule has 0 aromatic heterocycles. The highest BCUT2D eigenvalue weighted by Crippen LogP contribution is 2.26. The lowest BCUT2D eigenvalue weighted by Crippen LogP contribution is -2.03. The van der Waals surface area contributed by atoms with E-state index in [4.69, 9.17) is 0 Å². The second-order valence-electron chi connectivity index (χ2n) is 4.71. The summed E-state index contributed by atoms with van der Waals surface area (Å²) in [5.41, 5.74) is 3.18. The Labute approximate surface area is 133 Å². The maximum absolute atomic E-state index is 12.3. The van der Waals surface area contributed by atoms with E-state index in [-0.39, 0.29) is 5.78 Å². The molecule has 1 nitrogen and oxygen atoms in total. The monoisotopic (exact) mass is 376 g/mol. The molecule has 0 unspecified atom stereocenters. The van der Waals surface area contributed by atoms with E-state index in [0.717, 1.165) is 21.1 Å². The molecule has 2 aromatic rings. The van der Waals surface area contributed by atoms with Crippen LogP contribution < -0.4 is 0 Å².